The Labute approximate surface area is 133 Å². The van der Waals surface area contributed by atoms with Crippen molar-refractivity contribution in [3.05, 3.63) is 28.5 Å². The highest BCUT2D eigenvalue weighted by atomic mass is 35.5. The van der Waals surface area contributed by atoms with Crippen molar-refractivity contribution in [1.29, 1.82) is 0 Å². The molecule has 4 nitrogen and oxygen atoms in total. The lowest BCUT2D eigenvalue weighted by Gasteiger charge is -2.13. The molecular weight excluding hydrogens is 335 g/mol. The minimum atomic E-state index is -3.71. The fourth-order valence-electron chi connectivity index (χ4n) is 2.15. The Hall–Kier alpha value is -0.340. The van der Waals surface area contributed by atoms with Gasteiger partial charge in [-0.2, -0.15) is 11.8 Å². The first-order valence-corrected chi connectivity index (χ1v) is 9.65. The summed E-state index contributed by atoms with van der Waals surface area (Å²) in [5, 5.41) is 2.79. The average Bonchev–Trinajstić information content (AvgIpc) is 2.95. The summed E-state index contributed by atoms with van der Waals surface area (Å²) in [6.07, 6.45) is 1.01. The van der Waals surface area contributed by atoms with Crippen molar-refractivity contribution in [1.82, 2.24) is 10.0 Å². The van der Waals surface area contributed by atoms with E-state index in [9.17, 15) is 12.8 Å². The van der Waals surface area contributed by atoms with Crippen LogP contribution in [-0.4, -0.2) is 33.5 Å². The quantitative estimate of drug-likeness (QED) is 0.824. The largest absolute Gasteiger partial charge is 0.316 e. The summed E-state index contributed by atoms with van der Waals surface area (Å²) in [5.74, 6) is 1.65. The number of rotatable bonds is 6. The molecule has 0 saturated carbocycles. The zero-order chi connectivity index (χ0) is 15.5. The molecule has 0 amide bonds. The minimum Gasteiger partial charge on any atom is -0.316 e. The molecule has 1 aliphatic rings. The first-order chi connectivity index (χ1) is 9.94. The molecule has 1 saturated heterocycles. The van der Waals surface area contributed by atoms with Gasteiger partial charge in [0.2, 0.25) is 10.0 Å². The predicted molar refractivity (Wildman–Crippen MR) is 84.8 cm³/mol. The second-order valence-electron chi connectivity index (χ2n) is 4.99. The van der Waals surface area contributed by atoms with Crippen molar-refractivity contribution < 1.29 is 12.8 Å². The van der Waals surface area contributed by atoms with Crippen LogP contribution in [0.15, 0.2) is 17.0 Å². The summed E-state index contributed by atoms with van der Waals surface area (Å²) in [6, 6.07) is 2.38. The molecule has 2 N–H and O–H groups in total. The molecule has 21 heavy (non-hydrogen) atoms. The van der Waals surface area contributed by atoms with Gasteiger partial charge in [0.05, 0.1) is 9.92 Å². The average molecular weight is 353 g/mol. The Morgan fingerprint density at radius 3 is 2.86 bits per heavy atom. The Morgan fingerprint density at radius 2 is 2.24 bits per heavy atom. The molecule has 1 heterocycles. The number of sulfonamides is 1. The van der Waals surface area contributed by atoms with Gasteiger partial charge in [0.1, 0.15) is 5.82 Å². The molecule has 8 heteroatoms. The summed E-state index contributed by atoms with van der Waals surface area (Å²) < 4.78 is 40.9. The van der Waals surface area contributed by atoms with Gasteiger partial charge < -0.3 is 5.32 Å². The Kier molecular flexibility index (Phi) is 5.90. The van der Waals surface area contributed by atoms with Gasteiger partial charge in [-0.15, -0.1) is 0 Å². The maximum Gasteiger partial charge on any atom is 0.240 e. The van der Waals surface area contributed by atoms with Crippen LogP contribution in [0.5, 0.6) is 0 Å². The monoisotopic (exact) mass is 352 g/mol. The molecule has 1 aliphatic heterocycles. The number of benzene rings is 1. The predicted octanol–water partition coefficient (Wildman–Crippen LogP) is 2.23. The number of hydrogen-bond acceptors (Lipinski definition) is 4. The molecule has 0 spiro atoms. The lowest BCUT2D eigenvalue weighted by Crippen LogP contribution is -2.29. The highest BCUT2D eigenvalue weighted by molar-refractivity contribution is 7.99. The minimum absolute atomic E-state index is 0.0458. The summed E-state index contributed by atoms with van der Waals surface area (Å²) in [5.41, 5.74) is 0.427. The Bertz CT molecular complexity index is 604. The maximum absolute atomic E-state index is 13.8. The van der Waals surface area contributed by atoms with Gasteiger partial charge in [-0.05, 0) is 48.6 Å². The summed E-state index contributed by atoms with van der Waals surface area (Å²) in [6.45, 7) is 0.694. The van der Waals surface area contributed by atoms with Gasteiger partial charge in [0, 0.05) is 13.1 Å². The molecule has 1 fully saturated rings. The molecular formula is C13H18ClFN2O2S2. The van der Waals surface area contributed by atoms with E-state index in [1.165, 1.54) is 6.07 Å². The van der Waals surface area contributed by atoms with Crippen molar-refractivity contribution in [3.63, 3.8) is 0 Å². The van der Waals surface area contributed by atoms with Crippen molar-refractivity contribution >= 4 is 33.4 Å². The molecule has 1 aromatic rings. The normalized spacial score (nSPS) is 19.1. The van der Waals surface area contributed by atoms with Crippen molar-refractivity contribution in [2.24, 2.45) is 5.92 Å². The van der Waals surface area contributed by atoms with Crippen LogP contribution < -0.4 is 10.0 Å². The van der Waals surface area contributed by atoms with Gasteiger partial charge >= 0.3 is 0 Å². The number of hydrogen-bond donors (Lipinski definition) is 2. The van der Waals surface area contributed by atoms with E-state index < -0.39 is 15.8 Å². The first-order valence-electron chi connectivity index (χ1n) is 6.64. The van der Waals surface area contributed by atoms with Crippen LogP contribution in [0, 0.1) is 11.7 Å². The van der Waals surface area contributed by atoms with Gasteiger partial charge in [-0.25, -0.2) is 17.5 Å². The van der Waals surface area contributed by atoms with Crippen LogP contribution in [0.4, 0.5) is 4.39 Å². The van der Waals surface area contributed by atoms with E-state index in [0.29, 0.717) is 24.6 Å². The van der Waals surface area contributed by atoms with E-state index in [-0.39, 0.29) is 9.92 Å². The maximum atomic E-state index is 13.8. The van der Waals surface area contributed by atoms with Crippen LogP contribution in [0.2, 0.25) is 5.02 Å². The summed E-state index contributed by atoms with van der Waals surface area (Å²) in [7, 11) is -2.03. The molecule has 118 valence electrons. The molecule has 1 unspecified atom stereocenters. The standard InChI is InChI=1S/C13H18ClFN2O2S2/c1-16-7-10-4-11(5-12(15)13(10)14)21(18,19)17-6-9-2-3-20-8-9/h4-5,9,16-17H,2-3,6-8H2,1H3. The SMILES string of the molecule is CNCc1cc(S(=O)(=O)NCC2CCSC2)cc(F)c1Cl. The molecule has 0 radical (unpaired) electrons. The number of halogens is 2. The third-order valence-corrected chi connectivity index (χ3v) is 6.40. The Balaban J connectivity index is 2.18. The highest BCUT2D eigenvalue weighted by Gasteiger charge is 2.22. The van der Waals surface area contributed by atoms with E-state index in [1.54, 1.807) is 7.05 Å². The number of thioether (sulfide) groups is 1. The lowest BCUT2D eigenvalue weighted by atomic mass is 10.1. The smallest absolute Gasteiger partial charge is 0.240 e. The zero-order valence-electron chi connectivity index (χ0n) is 11.7. The summed E-state index contributed by atoms with van der Waals surface area (Å²) >= 11 is 7.66. The van der Waals surface area contributed by atoms with Crippen LogP contribution in [0.3, 0.4) is 0 Å². The zero-order valence-corrected chi connectivity index (χ0v) is 14.0. The van der Waals surface area contributed by atoms with E-state index >= 15 is 0 Å². The molecule has 2 rings (SSSR count). The highest BCUT2D eigenvalue weighted by Crippen LogP contribution is 2.26. The third-order valence-electron chi connectivity index (χ3n) is 3.34. The van der Waals surface area contributed by atoms with Gasteiger partial charge in [0.15, 0.2) is 0 Å². The van der Waals surface area contributed by atoms with E-state index in [1.807, 2.05) is 11.8 Å². The Morgan fingerprint density at radius 1 is 1.48 bits per heavy atom. The second-order valence-corrected chi connectivity index (χ2v) is 8.28. The lowest BCUT2D eigenvalue weighted by molar-refractivity contribution is 0.544. The van der Waals surface area contributed by atoms with Crippen LogP contribution in [-0.2, 0) is 16.6 Å². The fraction of sp³-hybridized carbons (Fsp3) is 0.538. The van der Waals surface area contributed by atoms with E-state index in [0.717, 1.165) is 24.0 Å². The van der Waals surface area contributed by atoms with Crippen LogP contribution in [0.25, 0.3) is 0 Å². The first kappa shape index (κ1) is 17.0. The molecule has 0 bridgehead atoms. The van der Waals surface area contributed by atoms with Gasteiger partial charge in [-0.3, -0.25) is 0 Å². The molecule has 0 aromatic heterocycles. The fourth-order valence-corrected chi connectivity index (χ4v) is 4.79. The van der Waals surface area contributed by atoms with E-state index in [4.69, 9.17) is 11.6 Å². The molecule has 1 atom stereocenters. The topological polar surface area (TPSA) is 58.2 Å². The molecule has 0 aliphatic carbocycles. The van der Waals surface area contributed by atoms with Crippen LogP contribution >= 0.6 is 23.4 Å². The molecule has 1 aromatic carbocycles. The van der Waals surface area contributed by atoms with Gasteiger partial charge in [0.25, 0.3) is 0 Å². The summed E-state index contributed by atoms with van der Waals surface area (Å²) in [4.78, 5) is -0.0831. The van der Waals surface area contributed by atoms with E-state index in [2.05, 4.69) is 10.0 Å². The second kappa shape index (κ2) is 7.28. The van der Waals surface area contributed by atoms with Gasteiger partial charge in [-0.1, -0.05) is 11.6 Å². The van der Waals surface area contributed by atoms with Crippen LogP contribution in [0.1, 0.15) is 12.0 Å². The van der Waals surface area contributed by atoms with Crippen molar-refractivity contribution in [2.45, 2.75) is 17.9 Å². The van der Waals surface area contributed by atoms with Crippen molar-refractivity contribution in [2.75, 3.05) is 25.1 Å². The van der Waals surface area contributed by atoms with Crippen molar-refractivity contribution in [3.8, 4) is 0 Å². The third kappa shape index (κ3) is 4.32. The number of nitrogens with one attached hydrogen (secondary N) is 2.